The van der Waals surface area contributed by atoms with Crippen LogP contribution in [0.4, 0.5) is 0 Å². The van der Waals surface area contributed by atoms with Crippen LogP contribution < -0.4 is 10.5 Å². The highest BCUT2D eigenvalue weighted by molar-refractivity contribution is 9.10. The summed E-state index contributed by atoms with van der Waals surface area (Å²) in [6.45, 7) is 6.24. The first-order chi connectivity index (χ1) is 9.65. The maximum absolute atomic E-state index is 5.88. The van der Waals surface area contributed by atoms with Gasteiger partial charge in [-0.15, -0.1) is 0 Å². The lowest BCUT2D eigenvalue weighted by molar-refractivity contribution is 0.183. The van der Waals surface area contributed by atoms with Gasteiger partial charge in [-0.1, -0.05) is 12.5 Å². The molecule has 0 bridgehead atoms. The number of likely N-dealkylation sites (tertiary alicyclic amines) is 1. The first-order valence-corrected chi connectivity index (χ1v) is 8.33. The largest absolute Gasteiger partial charge is 0.491 e. The Morgan fingerprint density at radius 1 is 1.30 bits per heavy atom. The van der Waals surface area contributed by atoms with Crippen LogP contribution in [0.25, 0.3) is 0 Å². The van der Waals surface area contributed by atoms with Crippen molar-refractivity contribution in [3.05, 3.63) is 28.2 Å². The van der Waals surface area contributed by atoms with Crippen LogP contribution in [0.15, 0.2) is 22.7 Å². The maximum atomic E-state index is 5.88. The number of halogens is 1. The molecule has 0 amide bonds. The van der Waals surface area contributed by atoms with Crippen LogP contribution in [0.3, 0.4) is 0 Å². The van der Waals surface area contributed by atoms with Crippen molar-refractivity contribution in [1.29, 1.82) is 0 Å². The lowest BCUT2D eigenvalue weighted by Crippen LogP contribution is -2.33. The third-order valence-corrected chi connectivity index (χ3v) is 4.29. The second-order valence-electron chi connectivity index (χ2n) is 5.70. The lowest BCUT2D eigenvalue weighted by Gasteiger charge is -2.26. The predicted octanol–water partition coefficient (Wildman–Crippen LogP) is 3.20. The summed E-state index contributed by atoms with van der Waals surface area (Å²) in [5, 5.41) is 0. The molecule has 1 aliphatic rings. The molecule has 2 N–H and O–H groups in total. The fourth-order valence-corrected chi connectivity index (χ4v) is 3.17. The van der Waals surface area contributed by atoms with Gasteiger partial charge >= 0.3 is 0 Å². The number of nitrogens with zero attached hydrogens (tertiary/aromatic N) is 1. The van der Waals surface area contributed by atoms with E-state index in [1.165, 1.54) is 37.9 Å². The van der Waals surface area contributed by atoms with Gasteiger partial charge in [-0.05, 0) is 72.9 Å². The maximum Gasteiger partial charge on any atom is 0.133 e. The Labute approximate surface area is 130 Å². The molecule has 1 saturated heterocycles. The zero-order valence-electron chi connectivity index (χ0n) is 12.3. The highest BCUT2D eigenvalue weighted by Crippen LogP contribution is 2.26. The number of hydrogen-bond acceptors (Lipinski definition) is 3. The smallest absolute Gasteiger partial charge is 0.133 e. The molecule has 1 aromatic carbocycles. The Hall–Kier alpha value is -0.580. The first kappa shape index (κ1) is 15.8. The van der Waals surface area contributed by atoms with Crippen LogP contribution in [0, 0.1) is 0 Å². The van der Waals surface area contributed by atoms with Crippen molar-refractivity contribution in [2.45, 2.75) is 38.6 Å². The average molecular weight is 341 g/mol. The minimum atomic E-state index is 0.188. The Bertz CT molecular complexity index is 417. The van der Waals surface area contributed by atoms with E-state index in [0.29, 0.717) is 0 Å². The Morgan fingerprint density at radius 3 is 2.70 bits per heavy atom. The second-order valence-corrected chi connectivity index (χ2v) is 6.55. The van der Waals surface area contributed by atoms with E-state index in [-0.39, 0.29) is 6.04 Å². The lowest BCUT2D eigenvalue weighted by atomic mass is 10.1. The van der Waals surface area contributed by atoms with Crippen molar-refractivity contribution in [1.82, 2.24) is 4.90 Å². The summed E-state index contributed by atoms with van der Waals surface area (Å²) >= 11 is 3.58. The molecule has 0 saturated carbocycles. The van der Waals surface area contributed by atoms with Crippen LogP contribution in [-0.4, -0.2) is 37.2 Å². The van der Waals surface area contributed by atoms with Crippen molar-refractivity contribution >= 4 is 15.9 Å². The molecule has 3 nitrogen and oxygen atoms in total. The van der Waals surface area contributed by atoms with E-state index in [9.17, 15) is 0 Å². The third kappa shape index (κ3) is 5.08. The average Bonchev–Trinajstić information content (AvgIpc) is 2.42. The van der Waals surface area contributed by atoms with E-state index in [1.54, 1.807) is 0 Å². The number of benzene rings is 1. The summed E-state index contributed by atoms with van der Waals surface area (Å²) < 4.78 is 6.90. The first-order valence-electron chi connectivity index (χ1n) is 7.54. The van der Waals surface area contributed by atoms with Gasteiger partial charge in [0.25, 0.3) is 0 Å². The van der Waals surface area contributed by atoms with E-state index < -0.39 is 0 Å². The number of rotatable bonds is 6. The number of nitrogens with two attached hydrogens (primary N) is 1. The fourth-order valence-electron chi connectivity index (χ4n) is 2.63. The monoisotopic (exact) mass is 340 g/mol. The molecule has 1 aromatic rings. The van der Waals surface area contributed by atoms with Crippen molar-refractivity contribution in [2.75, 3.05) is 26.2 Å². The second kappa shape index (κ2) is 8.01. The van der Waals surface area contributed by atoms with E-state index in [2.05, 4.69) is 33.0 Å². The number of ether oxygens (including phenoxy) is 1. The molecule has 4 heteroatoms. The van der Waals surface area contributed by atoms with Gasteiger partial charge in [-0.25, -0.2) is 0 Å². The van der Waals surface area contributed by atoms with Gasteiger partial charge < -0.3 is 10.5 Å². The standard InChI is InChI=1S/C16H25BrN2O/c1-13(18)11-14-5-6-16(15(17)12-14)20-10-9-19-7-3-2-4-8-19/h5-6,12-13H,2-4,7-11,18H2,1H3. The molecule has 2 rings (SSSR count). The van der Waals surface area contributed by atoms with Crippen LogP contribution >= 0.6 is 15.9 Å². The summed E-state index contributed by atoms with van der Waals surface area (Å²) in [7, 11) is 0. The fraction of sp³-hybridized carbons (Fsp3) is 0.625. The molecule has 1 fully saturated rings. The Morgan fingerprint density at radius 2 is 2.05 bits per heavy atom. The number of hydrogen-bond donors (Lipinski definition) is 1. The van der Waals surface area contributed by atoms with Crippen molar-refractivity contribution in [3.8, 4) is 5.75 Å². The summed E-state index contributed by atoms with van der Waals surface area (Å²) in [6, 6.07) is 6.44. The van der Waals surface area contributed by atoms with E-state index in [4.69, 9.17) is 10.5 Å². The Kier molecular flexibility index (Phi) is 6.33. The quantitative estimate of drug-likeness (QED) is 0.864. The summed E-state index contributed by atoms with van der Waals surface area (Å²) in [6.07, 6.45) is 4.93. The molecule has 1 unspecified atom stereocenters. The van der Waals surface area contributed by atoms with E-state index >= 15 is 0 Å². The minimum Gasteiger partial charge on any atom is -0.491 e. The zero-order valence-corrected chi connectivity index (χ0v) is 13.9. The molecule has 1 aliphatic heterocycles. The van der Waals surface area contributed by atoms with Crippen LogP contribution in [0.1, 0.15) is 31.7 Å². The summed E-state index contributed by atoms with van der Waals surface area (Å²) in [4.78, 5) is 2.49. The van der Waals surface area contributed by atoms with Crippen molar-refractivity contribution < 1.29 is 4.74 Å². The third-order valence-electron chi connectivity index (χ3n) is 3.67. The summed E-state index contributed by atoms with van der Waals surface area (Å²) in [5.74, 6) is 0.926. The van der Waals surface area contributed by atoms with Gasteiger partial charge in [0.15, 0.2) is 0 Å². The topological polar surface area (TPSA) is 38.5 Å². The van der Waals surface area contributed by atoms with Crippen LogP contribution in [-0.2, 0) is 6.42 Å². The predicted molar refractivity (Wildman–Crippen MR) is 87.3 cm³/mol. The highest BCUT2D eigenvalue weighted by Gasteiger charge is 2.10. The van der Waals surface area contributed by atoms with Crippen molar-refractivity contribution in [2.24, 2.45) is 5.73 Å². The molecule has 1 atom stereocenters. The van der Waals surface area contributed by atoms with Gasteiger partial charge in [0.1, 0.15) is 12.4 Å². The van der Waals surface area contributed by atoms with E-state index in [0.717, 1.165) is 29.8 Å². The van der Waals surface area contributed by atoms with Crippen LogP contribution in [0.5, 0.6) is 5.75 Å². The van der Waals surface area contributed by atoms with Gasteiger partial charge in [-0.3, -0.25) is 4.90 Å². The molecule has 0 aromatic heterocycles. The van der Waals surface area contributed by atoms with Crippen LogP contribution in [0.2, 0.25) is 0 Å². The minimum absolute atomic E-state index is 0.188. The number of piperidine rings is 1. The highest BCUT2D eigenvalue weighted by atomic mass is 79.9. The molecular weight excluding hydrogens is 316 g/mol. The molecular formula is C16H25BrN2O. The molecule has 20 heavy (non-hydrogen) atoms. The van der Waals surface area contributed by atoms with Crippen molar-refractivity contribution in [3.63, 3.8) is 0 Å². The normalized spacial score (nSPS) is 17.9. The zero-order chi connectivity index (χ0) is 14.4. The van der Waals surface area contributed by atoms with E-state index in [1.807, 2.05) is 13.0 Å². The molecule has 1 heterocycles. The molecule has 0 radical (unpaired) electrons. The van der Waals surface area contributed by atoms with Gasteiger partial charge in [-0.2, -0.15) is 0 Å². The van der Waals surface area contributed by atoms with Gasteiger partial charge in [0, 0.05) is 12.6 Å². The molecule has 0 aliphatic carbocycles. The molecule has 112 valence electrons. The molecule has 0 spiro atoms. The summed E-state index contributed by atoms with van der Waals surface area (Å²) in [5.41, 5.74) is 7.07. The van der Waals surface area contributed by atoms with Gasteiger partial charge in [0.05, 0.1) is 4.47 Å². The SMILES string of the molecule is CC(N)Cc1ccc(OCCN2CCCCC2)c(Br)c1. The van der Waals surface area contributed by atoms with Gasteiger partial charge in [0.2, 0.25) is 0 Å². The Balaban J connectivity index is 1.80.